The Morgan fingerprint density at radius 1 is 1.00 bits per heavy atom. The molecular formula is C17H25NOS. The summed E-state index contributed by atoms with van der Waals surface area (Å²) < 4.78 is 0. The molecule has 0 saturated carbocycles. The molecule has 1 aliphatic rings. The van der Waals surface area contributed by atoms with Crippen molar-refractivity contribution in [3.05, 3.63) is 30.3 Å². The van der Waals surface area contributed by atoms with Crippen molar-refractivity contribution in [3.8, 4) is 0 Å². The summed E-state index contributed by atoms with van der Waals surface area (Å²) >= 11 is 1.91. The lowest BCUT2D eigenvalue weighted by Crippen LogP contribution is -2.33. The van der Waals surface area contributed by atoms with Gasteiger partial charge in [-0.05, 0) is 43.6 Å². The maximum absolute atomic E-state index is 12.0. The topological polar surface area (TPSA) is 20.3 Å². The van der Waals surface area contributed by atoms with Gasteiger partial charge in [0.05, 0.1) is 0 Å². The Labute approximate surface area is 126 Å². The Morgan fingerprint density at radius 3 is 2.65 bits per heavy atom. The second kappa shape index (κ2) is 9.06. The molecule has 1 aromatic carbocycles. The molecule has 0 N–H and O–H groups in total. The summed E-state index contributed by atoms with van der Waals surface area (Å²) in [6.45, 7) is 1.93. The molecule has 1 amide bonds. The van der Waals surface area contributed by atoms with Crippen molar-refractivity contribution in [3.63, 3.8) is 0 Å². The quantitative estimate of drug-likeness (QED) is 0.573. The molecule has 0 aliphatic carbocycles. The zero-order valence-corrected chi connectivity index (χ0v) is 13.0. The second-order valence-electron chi connectivity index (χ2n) is 5.41. The van der Waals surface area contributed by atoms with E-state index in [2.05, 4.69) is 35.2 Å². The van der Waals surface area contributed by atoms with Crippen LogP contribution in [0.3, 0.4) is 0 Å². The van der Waals surface area contributed by atoms with Gasteiger partial charge in [-0.3, -0.25) is 4.79 Å². The summed E-state index contributed by atoms with van der Waals surface area (Å²) in [6, 6.07) is 10.5. The van der Waals surface area contributed by atoms with E-state index < -0.39 is 0 Å². The predicted molar refractivity (Wildman–Crippen MR) is 86.1 cm³/mol. The van der Waals surface area contributed by atoms with Crippen molar-refractivity contribution in [2.45, 2.75) is 49.8 Å². The van der Waals surface area contributed by atoms with Crippen LogP contribution in [-0.2, 0) is 4.79 Å². The van der Waals surface area contributed by atoms with E-state index in [1.54, 1.807) is 0 Å². The molecule has 110 valence electrons. The molecule has 0 atom stereocenters. The maximum atomic E-state index is 12.0. The van der Waals surface area contributed by atoms with E-state index in [-0.39, 0.29) is 0 Å². The molecule has 2 nitrogen and oxygen atoms in total. The molecule has 2 rings (SSSR count). The van der Waals surface area contributed by atoms with Crippen LogP contribution in [-0.4, -0.2) is 29.6 Å². The number of rotatable bonds is 6. The highest BCUT2D eigenvalue weighted by Gasteiger charge is 2.14. The summed E-state index contributed by atoms with van der Waals surface area (Å²) in [5.41, 5.74) is 0. The van der Waals surface area contributed by atoms with E-state index in [1.807, 2.05) is 11.8 Å². The van der Waals surface area contributed by atoms with Crippen LogP contribution < -0.4 is 0 Å². The van der Waals surface area contributed by atoms with Crippen LogP contribution in [0, 0.1) is 0 Å². The Morgan fingerprint density at radius 2 is 1.80 bits per heavy atom. The molecule has 1 aliphatic heterocycles. The zero-order chi connectivity index (χ0) is 14.0. The number of carbonyl (C=O) groups is 1. The molecule has 0 unspecified atom stereocenters. The van der Waals surface area contributed by atoms with Gasteiger partial charge in [0, 0.05) is 24.4 Å². The average Bonchev–Trinajstić information content (AvgIpc) is 2.46. The molecule has 0 aromatic heterocycles. The van der Waals surface area contributed by atoms with E-state index in [9.17, 15) is 4.79 Å². The number of carbonyl (C=O) groups excluding carboxylic acids is 1. The number of amides is 1. The van der Waals surface area contributed by atoms with Crippen LogP contribution in [0.4, 0.5) is 0 Å². The summed E-state index contributed by atoms with van der Waals surface area (Å²) in [4.78, 5) is 15.4. The number of likely N-dealkylation sites (tertiary alicyclic amines) is 1. The fourth-order valence-corrected chi connectivity index (χ4v) is 3.50. The first-order valence-electron chi connectivity index (χ1n) is 7.82. The minimum atomic E-state index is 0.375. The fourth-order valence-electron chi connectivity index (χ4n) is 2.56. The van der Waals surface area contributed by atoms with Gasteiger partial charge in [-0.1, -0.05) is 31.0 Å². The molecule has 20 heavy (non-hydrogen) atoms. The number of unbranched alkanes of at least 4 members (excludes halogenated alkanes) is 1. The maximum Gasteiger partial charge on any atom is 0.222 e. The van der Waals surface area contributed by atoms with Gasteiger partial charge in [-0.25, -0.2) is 0 Å². The molecule has 0 spiro atoms. The lowest BCUT2D eigenvalue weighted by molar-refractivity contribution is -0.131. The van der Waals surface area contributed by atoms with E-state index in [0.717, 1.165) is 38.1 Å². The van der Waals surface area contributed by atoms with Gasteiger partial charge in [0.15, 0.2) is 0 Å². The van der Waals surface area contributed by atoms with Crippen molar-refractivity contribution < 1.29 is 4.79 Å². The average molecular weight is 291 g/mol. The van der Waals surface area contributed by atoms with Gasteiger partial charge in [0.1, 0.15) is 0 Å². The summed E-state index contributed by atoms with van der Waals surface area (Å²) in [6.07, 6.45) is 7.86. The summed E-state index contributed by atoms with van der Waals surface area (Å²) in [5, 5.41) is 0. The van der Waals surface area contributed by atoms with Crippen LogP contribution in [0.2, 0.25) is 0 Å². The third kappa shape index (κ3) is 5.58. The van der Waals surface area contributed by atoms with E-state index in [4.69, 9.17) is 0 Å². The number of thioether (sulfide) groups is 1. The number of hydrogen-bond acceptors (Lipinski definition) is 2. The highest BCUT2D eigenvalue weighted by molar-refractivity contribution is 7.99. The van der Waals surface area contributed by atoms with Gasteiger partial charge >= 0.3 is 0 Å². The van der Waals surface area contributed by atoms with Gasteiger partial charge in [-0.2, -0.15) is 0 Å². The third-order valence-electron chi connectivity index (χ3n) is 3.76. The fraction of sp³-hybridized carbons (Fsp3) is 0.588. The molecule has 1 aromatic rings. The van der Waals surface area contributed by atoms with Crippen LogP contribution in [0.5, 0.6) is 0 Å². The Balaban J connectivity index is 1.61. The minimum Gasteiger partial charge on any atom is -0.343 e. The summed E-state index contributed by atoms with van der Waals surface area (Å²) in [7, 11) is 0. The molecule has 0 radical (unpaired) electrons. The Bertz CT molecular complexity index is 393. The molecule has 0 bridgehead atoms. The first-order valence-corrected chi connectivity index (χ1v) is 8.80. The van der Waals surface area contributed by atoms with Crippen molar-refractivity contribution in [2.24, 2.45) is 0 Å². The number of nitrogens with zero attached hydrogens (tertiary/aromatic N) is 1. The molecule has 1 fully saturated rings. The van der Waals surface area contributed by atoms with E-state index >= 15 is 0 Å². The van der Waals surface area contributed by atoms with Crippen molar-refractivity contribution >= 4 is 17.7 Å². The van der Waals surface area contributed by atoms with Crippen molar-refractivity contribution in [2.75, 3.05) is 18.8 Å². The normalized spacial score (nSPS) is 16.8. The van der Waals surface area contributed by atoms with E-state index in [0.29, 0.717) is 5.91 Å². The zero-order valence-electron chi connectivity index (χ0n) is 12.2. The first-order chi connectivity index (χ1) is 9.86. The number of hydrogen-bond donors (Lipinski definition) is 0. The second-order valence-corrected chi connectivity index (χ2v) is 6.58. The molecule has 1 heterocycles. The highest BCUT2D eigenvalue weighted by atomic mass is 32.2. The van der Waals surface area contributed by atoms with Gasteiger partial charge in [0.2, 0.25) is 5.91 Å². The predicted octanol–water partition coefficient (Wildman–Crippen LogP) is 4.35. The lowest BCUT2D eigenvalue weighted by atomic mass is 10.1. The largest absolute Gasteiger partial charge is 0.343 e. The minimum absolute atomic E-state index is 0.375. The first kappa shape index (κ1) is 15.4. The van der Waals surface area contributed by atoms with E-state index in [1.165, 1.54) is 30.6 Å². The molecule has 3 heteroatoms. The monoisotopic (exact) mass is 291 g/mol. The van der Waals surface area contributed by atoms with Crippen LogP contribution >= 0.6 is 11.8 Å². The lowest BCUT2D eigenvalue weighted by Gasteiger charge is -2.24. The van der Waals surface area contributed by atoms with Gasteiger partial charge < -0.3 is 4.90 Å². The van der Waals surface area contributed by atoms with Crippen LogP contribution in [0.15, 0.2) is 35.2 Å². The van der Waals surface area contributed by atoms with Crippen molar-refractivity contribution in [1.82, 2.24) is 4.90 Å². The molecular weight excluding hydrogens is 266 g/mol. The van der Waals surface area contributed by atoms with Gasteiger partial charge in [-0.15, -0.1) is 11.8 Å². The standard InChI is InChI=1S/C17H25NOS/c19-17-12-6-1-2-7-13-18(17)14-8-9-15-20-16-10-4-3-5-11-16/h3-5,10-11H,1-2,6-9,12-15H2. The number of benzene rings is 1. The smallest absolute Gasteiger partial charge is 0.222 e. The SMILES string of the molecule is O=C1CCCCCCN1CCCCSc1ccccc1. The van der Waals surface area contributed by atoms with Gasteiger partial charge in [0.25, 0.3) is 0 Å². The third-order valence-corrected chi connectivity index (χ3v) is 4.85. The molecule has 1 saturated heterocycles. The van der Waals surface area contributed by atoms with Crippen LogP contribution in [0.1, 0.15) is 44.9 Å². The summed E-state index contributed by atoms with van der Waals surface area (Å²) in [5.74, 6) is 1.52. The highest BCUT2D eigenvalue weighted by Crippen LogP contribution is 2.19. The Kier molecular flexibility index (Phi) is 6.99. The van der Waals surface area contributed by atoms with Crippen LogP contribution in [0.25, 0.3) is 0 Å². The Hall–Kier alpha value is -0.960. The van der Waals surface area contributed by atoms with Crippen molar-refractivity contribution in [1.29, 1.82) is 0 Å².